The van der Waals surface area contributed by atoms with Crippen LogP contribution in [0.1, 0.15) is 12.0 Å². The van der Waals surface area contributed by atoms with Gasteiger partial charge in [0, 0.05) is 36.1 Å². The lowest BCUT2D eigenvalue weighted by molar-refractivity contribution is -0.121. The highest BCUT2D eigenvalue weighted by Crippen LogP contribution is 2.31. The van der Waals surface area contributed by atoms with Crippen molar-refractivity contribution in [3.05, 3.63) is 26.6 Å². The van der Waals surface area contributed by atoms with Crippen molar-refractivity contribution < 1.29 is 14.3 Å². The van der Waals surface area contributed by atoms with E-state index in [2.05, 4.69) is 47.3 Å². The number of ether oxygens (including phenoxy) is 2. The van der Waals surface area contributed by atoms with Crippen molar-refractivity contribution in [2.24, 2.45) is 5.10 Å². The van der Waals surface area contributed by atoms with E-state index in [0.29, 0.717) is 12.2 Å². The third-order valence-corrected chi connectivity index (χ3v) is 4.44. The molecule has 0 radical (unpaired) electrons. The summed E-state index contributed by atoms with van der Waals surface area (Å²) in [6, 6.07) is 3.75. The van der Waals surface area contributed by atoms with Gasteiger partial charge in [-0.3, -0.25) is 9.69 Å². The van der Waals surface area contributed by atoms with Gasteiger partial charge in [0.1, 0.15) is 5.75 Å². The van der Waals surface area contributed by atoms with Crippen LogP contribution < -0.4 is 10.2 Å². The first-order valence-electron chi connectivity index (χ1n) is 7.25. The normalized spacial score (nSPS) is 15.8. The number of benzene rings is 1. The Morgan fingerprint density at radius 2 is 2.17 bits per heavy atom. The molecule has 126 valence electrons. The summed E-state index contributed by atoms with van der Waals surface area (Å²) in [5, 5.41) is 4.01. The van der Waals surface area contributed by atoms with Gasteiger partial charge in [-0.25, -0.2) is 5.43 Å². The van der Waals surface area contributed by atoms with Crippen molar-refractivity contribution >= 4 is 44.0 Å². The number of hydrazone groups is 1. The summed E-state index contributed by atoms with van der Waals surface area (Å²) in [5.41, 5.74) is 3.31. The average Bonchev–Trinajstić information content (AvgIpc) is 2.53. The molecule has 1 N–H and O–H groups in total. The minimum absolute atomic E-state index is 0.110. The quantitative estimate of drug-likeness (QED) is 0.536. The van der Waals surface area contributed by atoms with Gasteiger partial charge in [-0.1, -0.05) is 15.9 Å². The van der Waals surface area contributed by atoms with E-state index >= 15 is 0 Å². The van der Waals surface area contributed by atoms with Crippen LogP contribution in [0.25, 0.3) is 0 Å². The highest BCUT2D eigenvalue weighted by Gasteiger charge is 2.12. The maximum absolute atomic E-state index is 11.8. The molecule has 0 saturated carbocycles. The van der Waals surface area contributed by atoms with E-state index in [1.54, 1.807) is 13.3 Å². The number of rotatable bonds is 6. The lowest BCUT2D eigenvalue weighted by Crippen LogP contribution is -2.38. The molecule has 1 aromatic rings. The van der Waals surface area contributed by atoms with E-state index in [1.807, 2.05) is 12.1 Å². The van der Waals surface area contributed by atoms with Crippen molar-refractivity contribution in [1.82, 2.24) is 10.3 Å². The SMILES string of the molecule is COc1c(Br)cc(Br)cc1/C=N\NC(=O)CCN1CCOCC1. The van der Waals surface area contributed by atoms with Crippen LogP contribution >= 0.6 is 31.9 Å². The zero-order valence-electron chi connectivity index (χ0n) is 12.8. The Hall–Kier alpha value is -0.960. The molecular weight excluding hydrogens is 430 g/mol. The summed E-state index contributed by atoms with van der Waals surface area (Å²) >= 11 is 6.84. The summed E-state index contributed by atoms with van der Waals surface area (Å²) in [5.74, 6) is 0.556. The molecule has 0 atom stereocenters. The molecule has 0 aliphatic carbocycles. The van der Waals surface area contributed by atoms with E-state index in [0.717, 1.165) is 47.4 Å². The largest absolute Gasteiger partial charge is 0.495 e. The minimum Gasteiger partial charge on any atom is -0.495 e. The van der Waals surface area contributed by atoms with Gasteiger partial charge in [0.05, 0.1) is 31.0 Å². The van der Waals surface area contributed by atoms with Crippen molar-refractivity contribution in [3.8, 4) is 5.75 Å². The average molecular weight is 449 g/mol. The molecule has 0 aromatic heterocycles. The molecule has 1 aliphatic rings. The van der Waals surface area contributed by atoms with Gasteiger partial charge in [0.15, 0.2) is 0 Å². The van der Waals surface area contributed by atoms with Gasteiger partial charge in [-0.05, 0) is 28.1 Å². The molecule has 2 rings (SSSR count). The first kappa shape index (κ1) is 18.4. The van der Waals surface area contributed by atoms with Crippen molar-refractivity contribution in [1.29, 1.82) is 0 Å². The third-order valence-electron chi connectivity index (χ3n) is 3.39. The molecule has 1 heterocycles. The predicted molar refractivity (Wildman–Crippen MR) is 96.0 cm³/mol. The molecule has 1 aromatic carbocycles. The van der Waals surface area contributed by atoms with Gasteiger partial charge in [0.2, 0.25) is 5.91 Å². The number of carbonyl (C=O) groups is 1. The van der Waals surface area contributed by atoms with Crippen LogP contribution in [-0.4, -0.2) is 57.0 Å². The molecule has 23 heavy (non-hydrogen) atoms. The van der Waals surface area contributed by atoms with Gasteiger partial charge < -0.3 is 9.47 Å². The molecule has 8 heteroatoms. The number of methoxy groups -OCH3 is 1. The van der Waals surface area contributed by atoms with Crippen molar-refractivity contribution in [3.63, 3.8) is 0 Å². The summed E-state index contributed by atoms with van der Waals surface area (Å²) < 4.78 is 12.3. The first-order valence-corrected chi connectivity index (χ1v) is 8.84. The molecular formula is C15H19Br2N3O3. The van der Waals surface area contributed by atoms with Crippen LogP contribution in [0.2, 0.25) is 0 Å². The van der Waals surface area contributed by atoms with E-state index in [1.165, 1.54) is 0 Å². The standard InChI is InChI=1S/C15H19Br2N3O3/c1-22-15-11(8-12(16)9-13(15)17)10-18-19-14(21)2-3-20-4-6-23-7-5-20/h8-10H,2-7H2,1H3,(H,19,21)/b18-10-. The van der Waals surface area contributed by atoms with Gasteiger partial charge in [-0.2, -0.15) is 5.10 Å². The van der Waals surface area contributed by atoms with Crippen molar-refractivity contribution in [2.75, 3.05) is 40.0 Å². The van der Waals surface area contributed by atoms with Crippen LogP contribution in [0.5, 0.6) is 5.75 Å². The summed E-state index contributed by atoms with van der Waals surface area (Å²) in [7, 11) is 1.59. The van der Waals surface area contributed by atoms with E-state index < -0.39 is 0 Å². The molecule has 6 nitrogen and oxygen atoms in total. The van der Waals surface area contributed by atoms with Crippen LogP contribution in [0.15, 0.2) is 26.2 Å². The molecule has 0 spiro atoms. The molecule has 0 unspecified atom stereocenters. The highest BCUT2D eigenvalue weighted by molar-refractivity contribution is 9.11. The lowest BCUT2D eigenvalue weighted by Gasteiger charge is -2.25. The fourth-order valence-corrected chi connectivity index (χ4v) is 3.63. The second-order valence-corrected chi connectivity index (χ2v) is 6.78. The Morgan fingerprint density at radius 3 is 2.87 bits per heavy atom. The smallest absolute Gasteiger partial charge is 0.241 e. The Kier molecular flexibility index (Phi) is 7.48. The van der Waals surface area contributed by atoms with E-state index in [9.17, 15) is 4.79 Å². The number of halogens is 2. The van der Waals surface area contributed by atoms with E-state index in [4.69, 9.17) is 9.47 Å². The fraction of sp³-hybridized carbons (Fsp3) is 0.467. The monoisotopic (exact) mass is 447 g/mol. The van der Waals surface area contributed by atoms with Gasteiger partial charge in [0.25, 0.3) is 0 Å². The second kappa shape index (κ2) is 9.36. The second-order valence-electron chi connectivity index (χ2n) is 5.01. The molecule has 1 amide bonds. The number of hydrogen-bond acceptors (Lipinski definition) is 5. The van der Waals surface area contributed by atoms with Crippen LogP contribution in [0.3, 0.4) is 0 Å². The Balaban J connectivity index is 1.85. The predicted octanol–water partition coefficient (Wildman–Crippen LogP) is 2.39. The topological polar surface area (TPSA) is 63.2 Å². The summed E-state index contributed by atoms with van der Waals surface area (Å²) in [6.45, 7) is 3.94. The summed E-state index contributed by atoms with van der Waals surface area (Å²) in [4.78, 5) is 14.0. The number of amides is 1. The summed E-state index contributed by atoms with van der Waals surface area (Å²) in [6.07, 6.45) is 1.98. The lowest BCUT2D eigenvalue weighted by atomic mass is 10.2. The molecule has 1 fully saturated rings. The first-order chi connectivity index (χ1) is 11.1. The number of nitrogens with zero attached hydrogens (tertiary/aromatic N) is 2. The minimum atomic E-state index is -0.110. The Morgan fingerprint density at radius 1 is 1.43 bits per heavy atom. The molecule has 1 aliphatic heterocycles. The zero-order chi connectivity index (χ0) is 16.7. The number of carbonyl (C=O) groups excluding carboxylic acids is 1. The fourth-order valence-electron chi connectivity index (χ4n) is 2.21. The number of hydrogen-bond donors (Lipinski definition) is 1. The third kappa shape index (κ3) is 5.87. The maximum atomic E-state index is 11.8. The Labute approximate surface area is 152 Å². The van der Waals surface area contributed by atoms with Gasteiger partial charge in [-0.15, -0.1) is 0 Å². The van der Waals surface area contributed by atoms with Crippen LogP contribution in [0.4, 0.5) is 0 Å². The molecule has 1 saturated heterocycles. The van der Waals surface area contributed by atoms with Crippen molar-refractivity contribution in [2.45, 2.75) is 6.42 Å². The van der Waals surface area contributed by atoms with Gasteiger partial charge >= 0.3 is 0 Å². The Bertz CT molecular complexity index is 575. The van der Waals surface area contributed by atoms with Crippen LogP contribution in [0, 0.1) is 0 Å². The molecule has 0 bridgehead atoms. The maximum Gasteiger partial charge on any atom is 0.241 e. The zero-order valence-corrected chi connectivity index (χ0v) is 16.0. The number of nitrogens with one attached hydrogen (secondary N) is 1. The van der Waals surface area contributed by atoms with Crippen LogP contribution in [-0.2, 0) is 9.53 Å². The van der Waals surface area contributed by atoms with E-state index in [-0.39, 0.29) is 5.91 Å². The number of morpholine rings is 1. The highest BCUT2D eigenvalue weighted by atomic mass is 79.9.